The summed E-state index contributed by atoms with van der Waals surface area (Å²) in [7, 11) is 1.81. The zero-order chi connectivity index (χ0) is 15.0. The lowest BCUT2D eigenvalue weighted by Gasteiger charge is -2.18. The Kier molecular flexibility index (Phi) is 7.48. The smallest absolute Gasteiger partial charge is 0.216 e. The first kappa shape index (κ1) is 16.9. The van der Waals surface area contributed by atoms with Gasteiger partial charge in [0.05, 0.1) is 5.02 Å². The molecular weight excluding hydrogens is 274 g/mol. The summed E-state index contributed by atoms with van der Waals surface area (Å²) in [6.45, 7) is 7.74. The predicted octanol–water partition coefficient (Wildman–Crippen LogP) is 2.05. The second kappa shape index (κ2) is 8.87. The normalized spacial score (nSPS) is 10.6. The van der Waals surface area contributed by atoms with Crippen LogP contribution in [0.1, 0.15) is 13.8 Å². The third-order valence-corrected chi connectivity index (χ3v) is 3.39. The molecule has 4 nitrogen and oxygen atoms in total. The van der Waals surface area contributed by atoms with Crippen molar-refractivity contribution in [2.24, 2.45) is 0 Å². The number of amides is 1. The topological polar surface area (TPSA) is 41.6 Å². The fourth-order valence-corrected chi connectivity index (χ4v) is 2.00. The Morgan fingerprint density at radius 3 is 2.65 bits per heavy atom. The number of rotatable bonds is 8. The molecule has 0 aliphatic rings. The molecule has 6 heteroatoms. The SMILES string of the molecule is BCC(=O)Nc1ccc(OCCN(CC)CC)c(Cl)c1. The van der Waals surface area contributed by atoms with Crippen molar-refractivity contribution in [2.75, 3.05) is 31.6 Å². The zero-order valence-corrected chi connectivity index (χ0v) is 13.2. The molecule has 1 aromatic rings. The van der Waals surface area contributed by atoms with Crippen LogP contribution in [0, 0.1) is 0 Å². The number of hydrogen-bond acceptors (Lipinski definition) is 3. The van der Waals surface area contributed by atoms with Crippen LogP contribution in [-0.2, 0) is 4.79 Å². The highest BCUT2D eigenvalue weighted by atomic mass is 35.5. The van der Waals surface area contributed by atoms with E-state index in [0.29, 0.717) is 29.4 Å². The summed E-state index contributed by atoms with van der Waals surface area (Å²) in [5.74, 6) is 0.615. The lowest BCUT2D eigenvalue weighted by atomic mass is 10.1. The second-order valence-electron chi connectivity index (χ2n) is 4.42. The van der Waals surface area contributed by atoms with Crippen LogP contribution in [0.2, 0.25) is 11.3 Å². The first-order chi connectivity index (χ1) is 9.60. The number of halogens is 1. The molecule has 0 fully saturated rings. The number of benzene rings is 1. The Balaban J connectivity index is 2.53. The molecule has 0 saturated heterocycles. The van der Waals surface area contributed by atoms with Crippen molar-refractivity contribution in [3.05, 3.63) is 23.2 Å². The zero-order valence-electron chi connectivity index (χ0n) is 12.4. The fourth-order valence-electron chi connectivity index (χ4n) is 1.77. The molecule has 0 aliphatic carbocycles. The molecule has 0 saturated carbocycles. The van der Waals surface area contributed by atoms with Crippen LogP contribution in [0.15, 0.2) is 18.2 Å². The van der Waals surface area contributed by atoms with E-state index in [2.05, 4.69) is 24.1 Å². The van der Waals surface area contributed by atoms with Gasteiger partial charge in [-0.25, -0.2) is 0 Å². The molecule has 20 heavy (non-hydrogen) atoms. The molecule has 0 aromatic heterocycles. The predicted molar refractivity (Wildman–Crippen MR) is 86.7 cm³/mol. The van der Waals surface area contributed by atoms with Crippen molar-refractivity contribution in [1.82, 2.24) is 4.90 Å². The summed E-state index contributed by atoms with van der Waals surface area (Å²) < 4.78 is 5.67. The standard InChI is InChI=1S/C14H22BClN2O2/c1-3-18(4-2)7-8-20-13-6-5-11(9-12(13)16)17-14(19)10-15/h5-6,9H,3-4,7-8,10,15H2,1-2H3,(H,17,19). The molecule has 1 amide bonds. The molecule has 0 aliphatic heterocycles. The van der Waals surface area contributed by atoms with Crippen LogP contribution in [0.5, 0.6) is 5.75 Å². The molecule has 110 valence electrons. The van der Waals surface area contributed by atoms with E-state index in [0.717, 1.165) is 19.6 Å². The molecule has 1 N–H and O–H groups in total. The van der Waals surface area contributed by atoms with Gasteiger partial charge in [-0.1, -0.05) is 25.4 Å². The van der Waals surface area contributed by atoms with Crippen molar-refractivity contribution in [3.63, 3.8) is 0 Å². The number of carbonyl (C=O) groups excluding carboxylic acids is 1. The van der Waals surface area contributed by atoms with Gasteiger partial charge in [-0.3, -0.25) is 4.79 Å². The van der Waals surface area contributed by atoms with Crippen molar-refractivity contribution in [2.45, 2.75) is 20.2 Å². The van der Waals surface area contributed by atoms with E-state index in [1.54, 1.807) is 18.2 Å². The number of carbonyl (C=O) groups is 1. The molecule has 0 unspecified atom stereocenters. The molecule has 1 aromatic carbocycles. The summed E-state index contributed by atoms with van der Waals surface area (Å²) in [6.07, 6.45) is 0.444. The maximum absolute atomic E-state index is 11.3. The van der Waals surface area contributed by atoms with Crippen LogP contribution in [0.4, 0.5) is 5.69 Å². The average molecular weight is 297 g/mol. The maximum Gasteiger partial charge on any atom is 0.216 e. The van der Waals surface area contributed by atoms with Crippen LogP contribution < -0.4 is 10.1 Å². The van der Waals surface area contributed by atoms with Crippen LogP contribution in [0.3, 0.4) is 0 Å². The molecule has 1 rings (SSSR count). The van der Waals surface area contributed by atoms with Gasteiger partial charge in [-0.15, -0.1) is 0 Å². The Bertz CT molecular complexity index is 439. The van der Waals surface area contributed by atoms with Crippen molar-refractivity contribution in [3.8, 4) is 5.75 Å². The molecule has 0 spiro atoms. The quantitative estimate of drug-likeness (QED) is 0.747. The van der Waals surface area contributed by atoms with Gasteiger partial charge < -0.3 is 15.0 Å². The highest BCUT2D eigenvalue weighted by Gasteiger charge is 2.06. The van der Waals surface area contributed by atoms with Crippen LogP contribution in [-0.4, -0.2) is 44.9 Å². The highest BCUT2D eigenvalue weighted by Crippen LogP contribution is 2.27. The average Bonchev–Trinajstić information content (AvgIpc) is 2.45. The second-order valence-corrected chi connectivity index (χ2v) is 4.83. The van der Waals surface area contributed by atoms with Gasteiger partial charge in [-0.05, 0) is 37.6 Å². The highest BCUT2D eigenvalue weighted by molar-refractivity contribution is 6.32. The third-order valence-electron chi connectivity index (χ3n) is 3.10. The van der Waals surface area contributed by atoms with Crippen LogP contribution >= 0.6 is 11.6 Å². The van der Waals surface area contributed by atoms with E-state index in [4.69, 9.17) is 16.3 Å². The minimum Gasteiger partial charge on any atom is -0.491 e. The van der Waals surface area contributed by atoms with Gasteiger partial charge in [-0.2, -0.15) is 0 Å². The van der Waals surface area contributed by atoms with Crippen molar-refractivity contribution < 1.29 is 9.53 Å². The minimum absolute atomic E-state index is 0.0312. The molecule has 0 bridgehead atoms. The molecule has 0 atom stereocenters. The summed E-state index contributed by atoms with van der Waals surface area (Å²) in [4.78, 5) is 13.6. The number of hydrogen-bond donors (Lipinski definition) is 1. The van der Waals surface area contributed by atoms with Crippen molar-refractivity contribution in [1.29, 1.82) is 0 Å². The van der Waals surface area contributed by atoms with Crippen molar-refractivity contribution >= 4 is 31.0 Å². The number of ether oxygens (including phenoxy) is 1. The van der Waals surface area contributed by atoms with E-state index in [9.17, 15) is 4.79 Å². The van der Waals surface area contributed by atoms with E-state index in [1.165, 1.54) is 0 Å². The summed E-state index contributed by atoms with van der Waals surface area (Å²) in [5.41, 5.74) is 0.693. The van der Waals surface area contributed by atoms with Gasteiger partial charge in [0, 0.05) is 12.2 Å². The Hall–Kier alpha value is -1.20. The summed E-state index contributed by atoms with van der Waals surface area (Å²) >= 11 is 6.15. The fraction of sp³-hybridized carbons (Fsp3) is 0.500. The molecular formula is C14H22BClN2O2. The molecule has 0 heterocycles. The van der Waals surface area contributed by atoms with Gasteiger partial charge >= 0.3 is 0 Å². The minimum atomic E-state index is -0.0312. The maximum atomic E-state index is 11.3. The first-order valence-electron chi connectivity index (χ1n) is 7.05. The number of nitrogens with zero attached hydrogens (tertiary/aromatic N) is 1. The lowest BCUT2D eigenvalue weighted by Crippen LogP contribution is -2.27. The van der Waals surface area contributed by atoms with Gasteiger partial charge in [0.2, 0.25) is 5.91 Å². The monoisotopic (exact) mass is 296 g/mol. The van der Waals surface area contributed by atoms with Gasteiger partial charge in [0.25, 0.3) is 0 Å². The third kappa shape index (κ3) is 5.43. The van der Waals surface area contributed by atoms with E-state index in [1.807, 2.05) is 7.85 Å². The Morgan fingerprint density at radius 1 is 1.40 bits per heavy atom. The van der Waals surface area contributed by atoms with E-state index in [-0.39, 0.29) is 5.91 Å². The van der Waals surface area contributed by atoms with Crippen LogP contribution in [0.25, 0.3) is 0 Å². The van der Waals surface area contributed by atoms with Gasteiger partial charge in [0.15, 0.2) is 0 Å². The summed E-state index contributed by atoms with van der Waals surface area (Å²) in [5, 5.41) is 3.28. The number of nitrogens with one attached hydrogen (secondary N) is 1. The van der Waals surface area contributed by atoms with E-state index < -0.39 is 0 Å². The number of anilines is 1. The van der Waals surface area contributed by atoms with E-state index >= 15 is 0 Å². The lowest BCUT2D eigenvalue weighted by molar-refractivity contribution is -0.114. The first-order valence-corrected chi connectivity index (χ1v) is 7.43. The van der Waals surface area contributed by atoms with Gasteiger partial charge in [0.1, 0.15) is 20.2 Å². The Morgan fingerprint density at radius 2 is 2.10 bits per heavy atom. The number of likely N-dealkylation sites (N-methyl/N-ethyl adjacent to an activating group) is 1. The molecule has 0 radical (unpaired) electrons. The Labute approximate surface area is 126 Å². The summed E-state index contributed by atoms with van der Waals surface area (Å²) in [6, 6.07) is 5.30. The largest absolute Gasteiger partial charge is 0.491 e.